The van der Waals surface area contributed by atoms with E-state index in [-0.39, 0.29) is 11.8 Å². The Balaban J connectivity index is 1.97. The van der Waals surface area contributed by atoms with Crippen LogP contribution >= 0.6 is 11.3 Å². The van der Waals surface area contributed by atoms with Crippen LogP contribution in [0.5, 0.6) is 0 Å². The van der Waals surface area contributed by atoms with Gasteiger partial charge in [0.25, 0.3) is 0 Å². The van der Waals surface area contributed by atoms with Crippen LogP contribution in [0.2, 0.25) is 0 Å². The van der Waals surface area contributed by atoms with Gasteiger partial charge in [0, 0.05) is 36.8 Å². The van der Waals surface area contributed by atoms with Crippen molar-refractivity contribution in [2.45, 2.75) is 39.3 Å². The van der Waals surface area contributed by atoms with Gasteiger partial charge in [-0.3, -0.25) is 9.69 Å². The number of aromatic nitrogens is 1. The number of carbonyl (C=O) groups excluding carboxylic acids is 1. The average molecular weight is 282 g/mol. The van der Waals surface area contributed by atoms with E-state index < -0.39 is 0 Å². The number of nitrogens with zero attached hydrogens (tertiary/aromatic N) is 2. The molecule has 19 heavy (non-hydrogen) atoms. The first-order chi connectivity index (χ1) is 9.10. The molecule has 0 bridgehead atoms. The van der Waals surface area contributed by atoms with Gasteiger partial charge in [-0.05, 0) is 26.7 Å². The van der Waals surface area contributed by atoms with Gasteiger partial charge in [-0.15, -0.1) is 11.3 Å². The second kappa shape index (κ2) is 6.34. The van der Waals surface area contributed by atoms with E-state index in [1.54, 1.807) is 11.3 Å². The zero-order valence-corrected chi connectivity index (χ0v) is 12.4. The monoisotopic (exact) mass is 282 g/mol. The lowest BCUT2D eigenvalue weighted by Gasteiger charge is -2.36. The van der Waals surface area contributed by atoms with Crippen LogP contribution < -0.4 is 11.1 Å². The summed E-state index contributed by atoms with van der Waals surface area (Å²) in [5, 5.41) is 4.18. The Morgan fingerprint density at radius 2 is 2.42 bits per heavy atom. The summed E-state index contributed by atoms with van der Waals surface area (Å²) in [6, 6.07) is 0.500. The Labute approximate surface area is 118 Å². The van der Waals surface area contributed by atoms with E-state index in [1.165, 1.54) is 4.88 Å². The molecule has 2 atom stereocenters. The van der Waals surface area contributed by atoms with E-state index in [0.717, 1.165) is 37.6 Å². The molecule has 1 aromatic heterocycles. The summed E-state index contributed by atoms with van der Waals surface area (Å²) in [7, 11) is 0. The summed E-state index contributed by atoms with van der Waals surface area (Å²) in [4.78, 5) is 19.2. The average Bonchev–Trinajstić information content (AvgIpc) is 2.80. The molecule has 0 radical (unpaired) electrons. The maximum Gasteiger partial charge on any atom is 0.221 e. The first-order valence-corrected chi connectivity index (χ1v) is 7.63. The molecule has 2 heterocycles. The molecule has 2 unspecified atom stereocenters. The van der Waals surface area contributed by atoms with E-state index in [1.807, 2.05) is 6.20 Å². The molecule has 0 aromatic carbocycles. The smallest absolute Gasteiger partial charge is 0.221 e. The molecule has 5 nitrogen and oxygen atoms in total. The molecule has 1 fully saturated rings. The normalized spacial score (nSPS) is 24.3. The van der Waals surface area contributed by atoms with Crippen molar-refractivity contribution < 1.29 is 4.79 Å². The minimum Gasteiger partial charge on any atom is -0.369 e. The van der Waals surface area contributed by atoms with Crippen molar-refractivity contribution in [3.05, 3.63) is 11.1 Å². The number of hydrogen-bond donors (Lipinski definition) is 2. The molecule has 106 valence electrons. The number of carbonyl (C=O) groups is 1. The number of nitrogens with two attached hydrogens (primary N) is 1. The van der Waals surface area contributed by atoms with Gasteiger partial charge in [0.15, 0.2) is 5.13 Å². The van der Waals surface area contributed by atoms with Gasteiger partial charge in [0.1, 0.15) is 0 Å². The molecule has 1 aliphatic heterocycles. The molecule has 1 aromatic rings. The van der Waals surface area contributed by atoms with E-state index in [0.29, 0.717) is 6.04 Å². The summed E-state index contributed by atoms with van der Waals surface area (Å²) in [5.41, 5.74) is 5.43. The molecule has 1 amide bonds. The molecule has 1 saturated heterocycles. The van der Waals surface area contributed by atoms with Crippen LogP contribution in [0.3, 0.4) is 0 Å². The van der Waals surface area contributed by atoms with Crippen LogP contribution in [-0.4, -0.2) is 34.9 Å². The molecule has 0 aliphatic carbocycles. The molecule has 0 saturated carbocycles. The van der Waals surface area contributed by atoms with Gasteiger partial charge in [0.05, 0.1) is 5.92 Å². The number of primary amides is 1. The van der Waals surface area contributed by atoms with Crippen molar-refractivity contribution in [2.24, 2.45) is 11.7 Å². The summed E-state index contributed by atoms with van der Waals surface area (Å²) >= 11 is 1.68. The lowest BCUT2D eigenvalue weighted by molar-refractivity contribution is -0.124. The number of anilines is 1. The van der Waals surface area contributed by atoms with Gasteiger partial charge in [-0.2, -0.15) is 0 Å². The van der Waals surface area contributed by atoms with E-state index in [2.05, 4.69) is 29.0 Å². The van der Waals surface area contributed by atoms with Crippen LogP contribution in [0.15, 0.2) is 6.20 Å². The Bertz CT molecular complexity index is 434. The lowest BCUT2D eigenvalue weighted by Crippen LogP contribution is -2.45. The van der Waals surface area contributed by atoms with Crippen LogP contribution in [0.25, 0.3) is 0 Å². The number of piperidine rings is 1. The molecule has 0 spiro atoms. The zero-order chi connectivity index (χ0) is 13.8. The fourth-order valence-corrected chi connectivity index (χ4v) is 3.35. The highest BCUT2D eigenvalue weighted by Gasteiger charge is 2.28. The van der Waals surface area contributed by atoms with Crippen molar-refractivity contribution in [2.75, 3.05) is 18.4 Å². The third kappa shape index (κ3) is 3.67. The Kier molecular flexibility index (Phi) is 4.76. The zero-order valence-electron chi connectivity index (χ0n) is 11.6. The summed E-state index contributed by atoms with van der Waals surface area (Å²) < 4.78 is 0. The van der Waals surface area contributed by atoms with Gasteiger partial charge >= 0.3 is 0 Å². The van der Waals surface area contributed by atoms with Crippen molar-refractivity contribution in [3.8, 4) is 0 Å². The standard InChI is InChI=1S/C13H22N4OS/c1-3-15-13-16-6-11(19-13)8-17-7-10(12(14)18)5-4-9(17)2/h6,9-10H,3-5,7-8H2,1-2H3,(H2,14,18)(H,15,16). The van der Waals surface area contributed by atoms with Gasteiger partial charge in [0.2, 0.25) is 5.91 Å². The summed E-state index contributed by atoms with van der Waals surface area (Å²) in [5.74, 6) is -0.174. The van der Waals surface area contributed by atoms with Crippen molar-refractivity contribution in [1.29, 1.82) is 0 Å². The number of amides is 1. The van der Waals surface area contributed by atoms with E-state index in [9.17, 15) is 4.79 Å². The Hall–Kier alpha value is -1.14. The number of likely N-dealkylation sites (tertiary alicyclic amines) is 1. The van der Waals surface area contributed by atoms with Gasteiger partial charge < -0.3 is 11.1 Å². The predicted octanol–water partition coefficient (Wildman–Crippen LogP) is 1.66. The lowest BCUT2D eigenvalue weighted by atomic mass is 9.93. The highest BCUT2D eigenvalue weighted by Crippen LogP contribution is 2.26. The maximum atomic E-state index is 11.3. The fourth-order valence-electron chi connectivity index (χ4n) is 2.45. The third-order valence-electron chi connectivity index (χ3n) is 3.65. The maximum absolute atomic E-state index is 11.3. The SMILES string of the molecule is CCNc1ncc(CN2CC(C(N)=O)CCC2C)s1. The minimum absolute atomic E-state index is 0.00245. The van der Waals surface area contributed by atoms with E-state index >= 15 is 0 Å². The van der Waals surface area contributed by atoms with Crippen molar-refractivity contribution >= 4 is 22.4 Å². The van der Waals surface area contributed by atoms with Crippen LogP contribution in [-0.2, 0) is 11.3 Å². The molecule has 3 N–H and O–H groups in total. The topological polar surface area (TPSA) is 71.2 Å². The van der Waals surface area contributed by atoms with Crippen LogP contribution in [0.4, 0.5) is 5.13 Å². The van der Waals surface area contributed by atoms with Gasteiger partial charge in [-0.25, -0.2) is 4.98 Å². The molecule has 2 rings (SSSR count). The van der Waals surface area contributed by atoms with Crippen LogP contribution in [0.1, 0.15) is 31.6 Å². The summed E-state index contributed by atoms with van der Waals surface area (Å²) in [6.45, 7) is 6.78. The van der Waals surface area contributed by atoms with Crippen molar-refractivity contribution in [1.82, 2.24) is 9.88 Å². The number of rotatable bonds is 5. The largest absolute Gasteiger partial charge is 0.369 e. The van der Waals surface area contributed by atoms with E-state index in [4.69, 9.17) is 5.73 Å². The highest BCUT2D eigenvalue weighted by molar-refractivity contribution is 7.15. The number of thiazole rings is 1. The second-order valence-electron chi connectivity index (χ2n) is 5.12. The summed E-state index contributed by atoms with van der Waals surface area (Å²) in [6.07, 6.45) is 3.87. The molecular weight excluding hydrogens is 260 g/mol. The predicted molar refractivity (Wildman–Crippen MR) is 78.1 cm³/mol. The molecular formula is C13H22N4OS. The van der Waals surface area contributed by atoms with Gasteiger partial charge in [-0.1, -0.05) is 0 Å². The minimum atomic E-state index is -0.172. The number of nitrogens with one attached hydrogen (secondary N) is 1. The fraction of sp³-hybridized carbons (Fsp3) is 0.692. The number of hydrogen-bond acceptors (Lipinski definition) is 5. The Morgan fingerprint density at radius 1 is 1.63 bits per heavy atom. The quantitative estimate of drug-likeness (QED) is 0.861. The van der Waals surface area contributed by atoms with Crippen molar-refractivity contribution in [3.63, 3.8) is 0 Å². The third-order valence-corrected chi connectivity index (χ3v) is 4.59. The first kappa shape index (κ1) is 14.3. The molecule has 1 aliphatic rings. The van der Waals surface area contributed by atoms with Crippen LogP contribution in [0, 0.1) is 5.92 Å². The highest BCUT2D eigenvalue weighted by atomic mass is 32.1. The Morgan fingerprint density at radius 3 is 3.11 bits per heavy atom. The first-order valence-electron chi connectivity index (χ1n) is 6.82. The second-order valence-corrected chi connectivity index (χ2v) is 6.23. The molecule has 6 heteroatoms.